The molecule has 2 N–H and O–H groups in total. The van der Waals surface area contributed by atoms with Crippen LogP contribution < -0.4 is 5.73 Å². The van der Waals surface area contributed by atoms with Crippen molar-refractivity contribution in [3.05, 3.63) is 0 Å². The zero-order valence-corrected chi connectivity index (χ0v) is 12.4. The van der Waals surface area contributed by atoms with Gasteiger partial charge in [-0.05, 0) is 46.8 Å². The second kappa shape index (κ2) is 5.87. The van der Waals surface area contributed by atoms with Crippen LogP contribution in [0.3, 0.4) is 0 Å². The minimum atomic E-state index is 0.287. The zero-order valence-electron chi connectivity index (χ0n) is 12.4. The molecule has 0 aromatic rings. The van der Waals surface area contributed by atoms with E-state index in [0.29, 0.717) is 6.04 Å². The number of hydrogen-bond acceptors (Lipinski definition) is 4. The number of nitrogens with two attached hydrogens (primary N) is 1. The van der Waals surface area contributed by atoms with Crippen LogP contribution >= 0.6 is 0 Å². The zero-order chi connectivity index (χ0) is 13.2. The van der Waals surface area contributed by atoms with Crippen molar-refractivity contribution in [2.24, 2.45) is 5.73 Å². The predicted octanol–water partition coefficient (Wildman–Crippen LogP) is 0.436. The third-order valence-electron chi connectivity index (χ3n) is 5.01. The fraction of sp³-hybridized carbons (Fsp3) is 1.00. The van der Waals surface area contributed by atoms with E-state index in [1.165, 1.54) is 52.1 Å². The Morgan fingerprint density at radius 2 is 1.56 bits per heavy atom. The number of likely N-dealkylation sites (tertiary alicyclic amines) is 1. The summed E-state index contributed by atoms with van der Waals surface area (Å²) in [6.45, 7) is 12.6. The Hall–Kier alpha value is -0.160. The van der Waals surface area contributed by atoms with E-state index < -0.39 is 0 Å². The summed E-state index contributed by atoms with van der Waals surface area (Å²) in [4.78, 5) is 7.69. The molecular weight excluding hydrogens is 224 g/mol. The molecule has 0 bridgehead atoms. The summed E-state index contributed by atoms with van der Waals surface area (Å²) in [6.07, 6.45) is 2.48. The number of hydrogen-bond donors (Lipinski definition) is 1. The SMILES string of the molecule is CC(C)N1CCN(C2(CN)CCN(C)CC2)CC1. The smallest absolute Gasteiger partial charge is 0.0357 e. The molecule has 106 valence electrons. The van der Waals surface area contributed by atoms with Crippen molar-refractivity contribution in [2.75, 3.05) is 52.9 Å². The number of rotatable bonds is 3. The van der Waals surface area contributed by atoms with E-state index in [-0.39, 0.29) is 5.54 Å². The maximum Gasteiger partial charge on any atom is 0.0357 e. The quantitative estimate of drug-likeness (QED) is 0.792. The Morgan fingerprint density at radius 1 is 1.00 bits per heavy atom. The van der Waals surface area contributed by atoms with Crippen LogP contribution in [0.4, 0.5) is 0 Å². The Bertz CT molecular complexity index is 251. The van der Waals surface area contributed by atoms with Gasteiger partial charge in [-0.1, -0.05) is 0 Å². The Balaban J connectivity index is 1.94. The average Bonchev–Trinajstić information content (AvgIpc) is 2.40. The van der Waals surface area contributed by atoms with Gasteiger partial charge in [0.15, 0.2) is 0 Å². The molecule has 0 aromatic heterocycles. The maximum absolute atomic E-state index is 6.14. The lowest BCUT2D eigenvalue weighted by Crippen LogP contribution is -2.63. The van der Waals surface area contributed by atoms with E-state index >= 15 is 0 Å². The molecule has 0 unspecified atom stereocenters. The first-order valence-electron chi connectivity index (χ1n) is 7.45. The van der Waals surface area contributed by atoms with E-state index in [2.05, 4.69) is 35.6 Å². The summed E-state index contributed by atoms with van der Waals surface area (Å²) in [7, 11) is 2.22. The topological polar surface area (TPSA) is 35.7 Å². The van der Waals surface area contributed by atoms with E-state index in [9.17, 15) is 0 Å². The lowest BCUT2D eigenvalue weighted by molar-refractivity contribution is -0.00749. The van der Waals surface area contributed by atoms with Crippen LogP contribution in [0.25, 0.3) is 0 Å². The molecule has 4 nitrogen and oxygen atoms in total. The van der Waals surface area contributed by atoms with Gasteiger partial charge in [0.05, 0.1) is 0 Å². The Morgan fingerprint density at radius 3 is 2.00 bits per heavy atom. The fourth-order valence-electron chi connectivity index (χ4n) is 3.40. The molecule has 0 saturated carbocycles. The standard InChI is InChI=1S/C14H30N4/c1-13(2)17-8-10-18(11-9-17)14(12-15)4-6-16(3)7-5-14/h13H,4-12,15H2,1-3H3. The van der Waals surface area contributed by atoms with Gasteiger partial charge in [0.25, 0.3) is 0 Å². The van der Waals surface area contributed by atoms with Crippen molar-refractivity contribution >= 4 is 0 Å². The van der Waals surface area contributed by atoms with Crippen LogP contribution in [-0.2, 0) is 0 Å². The van der Waals surface area contributed by atoms with Gasteiger partial charge in [-0.2, -0.15) is 0 Å². The van der Waals surface area contributed by atoms with Crippen molar-refractivity contribution < 1.29 is 0 Å². The summed E-state index contributed by atoms with van der Waals surface area (Å²) in [5, 5.41) is 0. The molecule has 0 atom stereocenters. The van der Waals surface area contributed by atoms with Crippen LogP contribution in [0.1, 0.15) is 26.7 Å². The van der Waals surface area contributed by atoms with Crippen LogP contribution in [-0.4, -0.2) is 79.1 Å². The number of nitrogens with zero attached hydrogens (tertiary/aromatic N) is 3. The lowest BCUT2D eigenvalue weighted by Gasteiger charge is -2.51. The van der Waals surface area contributed by atoms with E-state index in [1.54, 1.807) is 0 Å². The van der Waals surface area contributed by atoms with Gasteiger partial charge >= 0.3 is 0 Å². The second-order valence-electron chi connectivity index (χ2n) is 6.35. The summed E-state index contributed by atoms with van der Waals surface area (Å²) < 4.78 is 0. The lowest BCUT2D eigenvalue weighted by atomic mass is 9.85. The summed E-state index contributed by atoms with van der Waals surface area (Å²) in [5.41, 5.74) is 6.42. The van der Waals surface area contributed by atoms with E-state index in [4.69, 9.17) is 5.73 Å². The maximum atomic E-state index is 6.14. The van der Waals surface area contributed by atoms with Gasteiger partial charge in [-0.25, -0.2) is 0 Å². The predicted molar refractivity (Wildman–Crippen MR) is 76.8 cm³/mol. The van der Waals surface area contributed by atoms with Gasteiger partial charge in [0, 0.05) is 44.3 Å². The highest BCUT2D eigenvalue weighted by Gasteiger charge is 2.39. The minimum absolute atomic E-state index is 0.287. The summed E-state index contributed by atoms with van der Waals surface area (Å²) >= 11 is 0. The molecule has 2 saturated heterocycles. The first-order chi connectivity index (χ1) is 8.57. The molecule has 0 radical (unpaired) electrons. The monoisotopic (exact) mass is 254 g/mol. The highest BCUT2D eigenvalue weighted by atomic mass is 15.3. The number of piperazine rings is 1. The van der Waals surface area contributed by atoms with Crippen LogP contribution in [0.15, 0.2) is 0 Å². The summed E-state index contributed by atoms with van der Waals surface area (Å²) in [5.74, 6) is 0. The van der Waals surface area contributed by atoms with Gasteiger partial charge < -0.3 is 10.6 Å². The molecule has 2 heterocycles. The molecule has 4 heteroatoms. The largest absolute Gasteiger partial charge is 0.329 e. The normalized spacial score (nSPS) is 27.8. The van der Waals surface area contributed by atoms with Gasteiger partial charge in [-0.15, -0.1) is 0 Å². The highest BCUT2D eigenvalue weighted by molar-refractivity contribution is 4.97. The van der Waals surface area contributed by atoms with Crippen LogP contribution in [0, 0.1) is 0 Å². The fourth-order valence-corrected chi connectivity index (χ4v) is 3.40. The van der Waals surface area contributed by atoms with Gasteiger partial charge in [0.1, 0.15) is 0 Å². The molecule has 18 heavy (non-hydrogen) atoms. The van der Waals surface area contributed by atoms with Crippen molar-refractivity contribution in [1.29, 1.82) is 0 Å². The molecule has 0 aromatic carbocycles. The Labute approximate surface area is 112 Å². The van der Waals surface area contributed by atoms with Gasteiger partial charge in [-0.3, -0.25) is 9.80 Å². The van der Waals surface area contributed by atoms with Crippen LogP contribution in [0.2, 0.25) is 0 Å². The minimum Gasteiger partial charge on any atom is -0.329 e. The third-order valence-corrected chi connectivity index (χ3v) is 5.01. The first kappa shape index (κ1) is 14.3. The number of piperidine rings is 1. The molecule has 2 rings (SSSR count). The van der Waals surface area contributed by atoms with Crippen molar-refractivity contribution in [3.63, 3.8) is 0 Å². The van der Waals surface area contributed by atoms with E-state index in [1.807, 2.05) is 0 Å². The molecule has 2 aliphatic rings. The Kier molecular flexibility index (Phi) is 4.64. The molecule has 2 aliphatic heterocycles. The first-order valence-corrected chi connectivity index (χ1v) is 7.45. The average molecular weight is 254 g/mol. The summed E-state index contributed by atoms with van der Waals surface area (Å²) in [6, 6.07) is 0.679. The van der Waals surface area contributed by atoms with Crippen molar-refractivity contribution in [2.45, 2.75) is 38.3 Å². The molecule has 0 aliphatic carbocycles. The molecule has 0 amide bonds. The van der Waals surface area contributed by atoms with Crippen molar-refractivity contribution in [1.82, 2.24) is 14.7 Å². The highest BCUT2D eigenvalue weighted by Crippen LogP contribution is 2.28. The van der Waals surface area contributed by atoms with Gasteiger partial charge in [0.2, 0.25) is 0 Å². The molecule has 0 spiro atoms. The third kappa shape index (κ3) is 2.87. The van der Waals surface area contributed by atoms with Crippen LogP contribution in [0.5, 0.6) is 0 Å². The second-order valence-corrected chi connectivity index (χ2v) is 6.35. The van der Waals surface area contributed by atoms with E-state index in [0.717, 1.165) is 6.54 Å². The molecule has 2 fully saturated rings. The van der Waals surface area contributed by atoms with Crippen molar-refractivity contribution in [3.8, 4) is 0 Å². The molecular formula is C14H30N4.